The Kier molecular flexibility index (Phi) is 4.19. The number of carbonyl (C=O) groups excluding carboxylic acids is 1. The van der Waals surface area contributed by atoms with E-state index in [1.165, 1.54) is 0 Å². The van der Waals surface area contributed by atoms with Crippen molar-refractivity contribution < 1.29 is 40.2 Å². The van der Waals surface area contributed by atoms with Gasteiger partial charge in [0.1, 0.15) is 24.4 Å². The summed E-state index contributed by atoms with van der Waals surface area (Å²) < 4.78 is 4.42. The van der Waals surface area contributed by atoms with Gasteiger partial charge >= 0.3 is 5.97 Å². The standard InChI is InChI=1S/C8H14O8/c9-1-2(10)3(11)4(12)7-5(13)6(14)8(15)16-7/h2-7,9-14H,1H2/t2-,3+,4+,5-,6+,7+/m0/s1. The molecule has 1 heterocycles. The molecule has 1 rings (SSSR count). The van der Waals surface area contributed by atoms with Gasteiger partial charge in [-0.15, -0.1) is 0 Å². The van der Waals surface area contributed by atoms with E-state index < -0.39 is 49.2 Å². The highest BCUT2D eigenvalue weighted by atomic mass is 16.6. The number of hydrogen-bond acceptors (Lipinski definition) is 8. The van der Waals surface area contributed by atoms with Gasteiger partial charge in [-0.05, 0) is 0 Å². The summed E-state index contributed by atoms with van der Waals surface area (Å²) >= 11 is 0. The van der Waals surface area contributed by atoms with Crippen molar-refractivity contribution in [3.05, 3.63) is 0 Å². The molecule has 1 aliphatic heterocycles. The second-order valence-corrected chi connectivity index (χ2v) is 3.57. The minimum atomic E-state index is -1.81. The summed E-state index contributed by atoms with van der Waals surface area (Å²) in [6.45, 7) is -0.808. The van der Waals surface area contributed by atoms with Gasteiger partial charge in [-0.25, -0.2) is 4.79 Å². The van der Waals surface area contributed by atoms with Crippen molar-refractivity contribution in [2.75, 3.05) is 6.61 Å². The van der Waals surface area contributed by atoms with Gasteiger partial charge in [0.2, 0.25) is 0 Å². The molecule has 0 bridgehead atoms. The lowest BCUT2D eigenvalue weighted by atomic mass is 9.99. The third-order valence-electron chi connectivity index (χ3n) is 2.42. The molecule has 0 saturated carbocycles. The fourth-order valence-electron chi connectivity index (χ4n) is 1.39. The van der Waals surface area contributed by atoms with Gasteiger partial charge in [0, 0.05) is 0 Å². The van der Waals surface area contributed by atoms with Crippen molar-refractivity contribution >= 4 is 5.97 Å². The number of cyclic esters (lactones) is 1. The smallest absolute Gasteiger partial charge is 0.338 e. The van der Waals surface area contributed by atoms with Crippen LogP contribution >= 0.6 is 0 Å². The van der Waals surface area contributed by atoms with Gasteiger partial charge in [-0.2, -0.15) is 0 Å². The largest absolute Gasteiger partial charge is 0.455 e. The second kappa shape index (κ2) is 5.04. The summed E-state index contributed by atoms with van der Waals surface area (Å²) in [5.41, 5.74) is 0. The SMILES string of the molecule is O=C1O[C@H]([C@H](O)[C@H](O)[C@@H](O)CO)[C@@H](O)[C@H]1O. The molecule has 0 aromatic heterocycles. The molecule has 1 fully saturated rings. The Morgan fingerprint density at radius 2 is 1.81 bits per heavy atom. The Balaban J connectivity index is 2.68. The van der Waals surface area contributed by atoms with E-state index >= 15 is 0 Å². The van der Waals surface area contributed by atoms with Crippen LogP contribution in [0.2, 0.25) is 0 Å². The zero-order valence-corrected chi connectivity index (χ0v) is 8.17. The van der Waals surface area contributed by atoms with Crippen LogP contribution in [0.3, 0.4) is 0 Å². The number of hydrogen-bond donors (Lipinski definition) is 6. The molecule has 16 heavy (non-hydrogen) atoms. The fourth-order valence-corrected chi connectivity index (χ4v) is 1.39. The molecule has 0 amide bonds. The van der Waals surface area contributed by atoms with Gasteiger partial charge in [0.25, 0.3) is 0 Å². The van der Waals surface area contributed by atoms with Crippen LogP contribution < -0.4 is 0 Å². The molecule has 8 heteroatoms. The van der Waals surface area contributed by atoms with Crippen LogP contribution in [0.4, 0.5) is 0 Å². The monoisotopic (exact) mass is 238 g/mol. The molecule has 6 N–H and O–H groups in total. The zero-order chi connectivity index (χ0) is 12.5. The highest BCUT2D eigenvalue weighted by Crippen LogP contribution is 2.21. The van der Waals surface area contributed by atoms with Crippen LogP contribution in [0.1, 0.15) is 0 Å². The number of ether oxygens (including phenoxy) is 1. The quantitative estimate of drug-likeness (QED) is 0.269. The van der Waals surface area contributed by atoms with Gasteiger partial charge in [-0.3, -0.25) is 0 Å². The Morgan fingerprint density at radius 3 is 2.19 bits per heavy atom. The van der Waals surface area contributed by atoms with Crippen LogP contribution in [-0.2, 0) is 9.53 Å². The van der Waals surface area contributed by atoms with Crippen LogP contribution in [0, 0.1) is 0 Å². The first-order valence-corrected chi connectivity index (χ1v) is 4.61. The normalized spacial score (nSPS) is 35.6. The zero-order valence-electron chi connectivity index (χ0n) is 8.17. The summed E-state index contributed by atoms with van der Waals surface area (Å²) in [5.74, 6) is -1.12. The summed E-state index contributed by atoms with van der Waals surface area (Å²) in [4.78, 5) is 10.8. The summed E-state index contributed by atoms with van der Waals surface area (Å²) in [6, 6.07) is 0. The van der Waals surface area contributed by atoms with E-state index in [4.69, 9.17) is 15.3 Å². The van der Waals surface area contributed by atoms with E-state index in [2.05, 4.69) is 4.74 Å². The van der Waals surface area contributed by atoms with Crippen LogP contribution in [0.25, 0.3) is 0 Å². The van der Waals surface area contributed by atoms with E-state index in [-0.39, 0.29) is 0 Å². The summed E-state index contributed by atoms with van der Waals surface area (Å²) in [7, 11) is 0. The summed E-state index contributed by atoms with van der Waals surface area (Å²) in [6.07, 6.45) is -10.3. The summed E-state index contributed by atoms with van der Waals surface area (Å²) in [5, 5.41) is 54.6. The molecule has 94 valence electrons. The number of aliphatic hydroxyl groups is 6. The van der Waals surface area contributed by atoms with E-state index in [1.807, 2.05) is 0 Å². The fraction of sp³-hybridized carbons (Fsp3) is 0.875. The Labute approximate surface area is 90.3 Å². The van der Waals surface area contributed by atoms with Crippen LogP contribution in [0.5, 0.6) is 0 Å². The number of carbonyl (C=O) groups is 1. The van der Waals surface area contributed by atoms with Crippen LogP contribution in [-0.4, -0.2) is 79.8 Å². The lowest BCUT2D eigenvalue weighted by Crippen LogP contribution is -2.50. The minimum Gasteiger partial charge on any atom is -0.455 e. The molecule has 0 aliphatic carbocycles. The van der Waals surface area contributed by atoms with Crippen LogP contribution in [0.15, 0.2) is 0 Å². The van der Waals surface area contributed by atoms with E-state index in [1.54, 1.807) is 0 Å². The predicted molar refractivity (Wildman–Crippen MR) is 47.0 cm³/mol. The van der Waals surface area contributed by atoms with Gasteiger partial charge in [-0.1, -0.05) is 0 Å². The first kappa shape index (κ1) is 13.3. The molecule has 0 aromatic carbocycles. The van der Waals surface area contributed by atoms with Crippen molar-refractivity contribution in [2.45, 2.75) is 36.6 Å². The van der Waals surface area contributed by atoms with Crippen molar-refractivity contribution in [3.8, 4) is 0 Å². The molecular formula is C8H14O8. The minimum absolute atomic E-state index is 0.808. The Bertz CT molecular complexity index is 256. The lowest BCUT2D eigenvalue weighted by Gasteiger charge is -2.26. The lowest BCUT2D eigenvalue weighted by molar-refractivity contribution is -0.159. The van der Waals surface area contributed by atoms with Crippen molar-refractivity contribution in [2.24, 2.45) is 0 Å². The maximum Gasteiger partial charge on any atom is 0.338 e. The molecule has 8 nitrogen and oxygen atoms in total. The van der Waals surface area contributed by atoms with Gasteiger partial charge < -0.3 is 35.4 Å². The predicted octanol–water partition coefficient (Wildman–Crippen LogP) is -4.29. The van der Waals surface area contributed by atoms with Crippen molar-refractivity contribution in [1.29, 1.82) is 0 Å². The maximum atomic E-state index is 10.8. The molecule has 1 aliphatic rings. The molecular weight excluding hydrogens is 224 g/mol. The highest BCUT2D eigenvalue weighted by Gasteiger charge is 2.48. The van der Waals surface area contributed by atoms with Crippen molar-refractivity contribution in [3.63, 3.8) is 0 Å². The second-order valence-electron chi connectivity index (χ2n) is 3.57. The molecule has 0 unspecified atom stereocenters. The average molecular weight is 238 g/mol. The Hall–Kier alpha value is -0.770. The first-order valence-electron chi connectivity index (χ1n) is 4.61. The maximum absolute atomic E-state index is 10.8. The van der Waals surface area contributed by atoms with E-state index in [0.29, 0.717) is 0 Å². The average Bonchev–Trinajstić information content (AvgIpc) is 2.54. The third kappa shape index (κ3) is 2.32. The molecule has 6 atom stereocenters. The molecule has 1 saturated heterocycles. The van der Waals surface area contributed by atoms with Gasteiger partial charge in [0.05, 0.1) is 6.61 Å². The number of esters is 1. The topological polar surface area (TPSA) is 148 Å². The van der Waals surface area contributed by atoms with Crippen molar-refractivity contribution in [1.82, 2.24) is 0 Å². The molecule has 0 aromatic rings. The first-order chi connectivity index (χ1) is 7.40. The van der Waals surface area contributed by atoms with E-state index in [0.717, 1.165) is 0 Å². The number of rotatable bonds is 4. The highest BCUT2D eigenvalue weighted by molar-refractivity contribution is 5.77. The third-order valence-corrected chi connectivity index (χ3v) is 2.42. The molecule has 0 spiro atoms. The van der Waals surface area contributed by atoms with Gasteiger partial charge in [0.15, 0.2) is 12.2 Å². The Morgan fingerprint density at radius 1 is 1.25 bits per heavy atom. The van der Waals surface area contributed by atoms with E-state index in [9.17, 15) is 20.1 Å². The number of aliphatic hydroxyl groups excluding tert-OH is 6. The molecule has 0 radical (unpaired) electrons.